The summed E-state index contributed by atoms with van der Waals surface area (Å²) in [6, 6.07) is 18.3. The summed E-state index contributed by atoms with van der Waals surface area (Å²) < 4.78 is 24.3. The number of phenols is 1. The van der Waals surface area contributed by atoms with Crippen molar-refractivity contribution in [3.8, 4) is 17.2 Å². The number of rotatable bonds is 11. The molecule has 2 N–H and O–H groups in total. The van der Waals surface area contributed by atoms with E-state index < -0.39 is 18.4 Å². The molecule has 1 unspecified atom stereocenters. The second kappa shape index (κ2) is 13.5. The zero-order valence-electron chi connectivity index (χ0n) is 22.0. The molecular formula is C31H33ClO7. The molecule has 7 nitrogen and oxygen atoms in total. The predicted octanol–water partition coefficient (Wildman–Crippen LogP) is 7.16. The molecule has 4 rings (SSSR count). The maximum atomic E-state index is 10.8. The number of para-hydroxylation sites is 1. The molecule has 1 aliphatic rings. The monoisotopic (exact) mass is 552 g/mol. The van der Waals surface area contributed by atoms with Gasteiger partial charge in [0.2, 0.25) is 0 Å². The van der Waals surface area contributed by atoms with E-state index in [1.165, 1.54) is 0 Å². The van der Waals surface area contributed by atoms with E-state index >= 15 is 0 Å². The first kappa shape index (κ1) is 28.5. The molecule has 0 spiro atoms. The number of phenolic OH excluding ortho intramolecular Hbond substituents is 1. The van der Waals surface area contributed by atoms with Gasteiger partial charge in [-0.3, -0.25) is 4.79 Å². The van der Waals surface area contributed by atoms with Crippen LogP contribution >= 0.6 is 11.6 Å². The van der Waals surface area contributed by atoms with Crippen molar-refractivity contribution in [2.24, 2.45) is 5.92 Å². The number of carbonyl (C=O) groups is 1. The molecule has 0 aromatic heterocycles. The van der Waals surface area contributed by atoms with Crippen LogP contribution in [0.5, 0.6) is 17.2 Å². The third-order valence-electron chi connectivity index (χ3n) is 6.66. The van der Waals surface area contributed by atoms with Crippen molar-refractivity contribution in [2.45, 2.75) is 45.2 Å². The van der Waals surface area contributed by atoms with Crippen molar-refractivity contribution in [3.05, 3.63) is 100 Å². The Morgan fingerprint density at radius 1 is 1.08 bits per heavy atom. The summed E-state index contributed by atoms with van der Waals surface area (Å²) >= 11 is 6.16. The summed E-state index contributed by atoms with van der Waals surface area (Å²) in [5, 5.41) is 20.2. The number of ether oxygens (including phenoxy) is 4. The molecule has 0 radical (unpaired) electrons. The van der Waals surface area contributed by atoms with Crippen LogP contribution in [0.2, 0.25) is 5.02 Å². The Bertz CT molecular complexity index is 1310. The van der Waals surface area contributed by atoms with Crippen LogP contribution in [0.3, 0.4) is 0 Å². The molecule has 3 atom stereocenters. The largest absolute Gasteiger partial charge is 0.508 e. The van der Waals surface area contributed by atoms with E-state index in [9.17, 15) is 9.90 Å². The molecule has 3 aromatic carbocycles. The van der Waals surface area contributed by atoms with Gasteiger partial charge >= 0.3 is 5.97 Å². The fourth-order valence-electron chi connectivity index (χ4n) is 4.52. The van der Waals surface area contributed by atoms with Crippen LogP contribution in [-0.4, -0.2) is 29.9 Å². The van der Waals surface area contributed by atoms with E-state index in [0.29, 0.717) is 41.5 Å². The number of methoxy groups -OCH3 is 1. The van der Waals surface area contributed by atoms with Gasteiger partial charge < -0.3 is 29.2 Å². The molecule has 1 saturated heterocycles. The van der Waals surface area contributed by atoms with Gasteiger partial charge in [-0.15, -0.1) is 0 Å². The Labute approximate surface area is 233 Å². The Balaban J connectivity index is 1.56. The van der Waals surface area contributed by atoms with Crippen molar-refractivity contribution in [1.29, 1.82) is 0 Å². The second-order valence-corrected chi connectivity index (χ2v) is 9.85. The van der Waals surface area contributed by atoms with Gasteiger partial charge in [0.25, 0.3) is 0 Å². The summed E-state index contributed by atoms with van der Waals surface area (Å²) in [5.74, 6) is 0.620. The van der Waals surface area contributed by atoms with Crippen molar-refractivity contribution in [2.75, 3.05) is 13.7 Å². The van der Waals surface area contributed by atoms with E-state index in [0.717, 1.165) is 16.7 Å². The summed E-state index contributed by atoms with van der Waals surface area (Å²) in [7, 11) is 1.61. The van der Waals surface area contributed by atoms with Gasteiger partial charge in [0.05, 0.1) is 19.8 Å². The number of aromatic hydroxyl groups is 1. The second-order valence-electron chi connectivity index (χ2n) is 9.44. The highest BCUT2D eigenvalue weighted by atomic mass is 35.5. The Morgan fingerprint density at radius 3 is 2.62 bits per heavy atom. The van der Waals surface area contributed by atoms with E-state index in [4.69, 9.17) is 35.7 Å². The van der Waals surface area contributed by atoms with Gasteiger partial charge in [0.15, 0.2) is 6.29 Å². The van der Waals surface area contributed by atoms with Crippen LogP contribution in [0, 0.1) is 12.8 Å². The summed E-state index contributed by atoms with van der Waals surface area (Å²) in [5.41, 5.74) is 3.25. The highest BCUT2D eigenvalue weighted by Crippen LogP contribution is 2.43. The molecule has 206 valence electrons. The number of benzene rings is 3. The topological polar surface area (TPSA) is 94.5 Å². The van der Waals surface area contributed by atoms with Crippen LogP contribution in [0.4, 0.5) is 0 Å². The van der Waals surface area contributed by atoms with Gasteiger partial charge in [0, 0.05) is 34.1 Å². The SMILES string of the molecule is COc1ccc(C2OC[C@@H](C/C=C\CCC(=O)O)[C@@H](c3ccccc3O)O2)c(COc2ccc(Cl)c(C)c2)c1. The van der Waals surface area contributed by atoms with Gasteiger partial charge in [-0.1, -0.05) is 42.0 Å². The lowest BCUT2D eigenvalue weighted by Crippen LogP contribution is -2.31. The molecule has 1 heterocycles. The highest BCUT2D eigenvalue weighted by Gasteiger charge is 2.35. The first-order valence-electron chi connectivity index (χ1n) is 12.8. The van der Waals surface area contributed by atoms with Gasteiger partial charge in [-0.2, -0.15) is 0 Å². The number of carboxylic acid groups (broad SMARTS) is 1. The zero-order valence-corrected chi connectivity index (χ0v) is 22.8. The molecule has 0 bridgehead atoms. The minimum Gasteiger partial charge on any atom is -0.508 e. The summed E-state index contributed by atoms with van der Waals surface area (Å²) in [6.45, 7) is 2.57. The summed E-state index contributed by atoms with van der Waals surface area (Å²) in [6.07, 6.45) is 3.82. The molecule has 1 aliphatic heterocycles. The standard InChI is InChI=1S/C31H33ClO7/c1-20-16-24(13-15-27(20)32)37-19-22-17-23(36-2)12-14-25(22)31-38-18-21(8-4-3-5-11-29(34)35)30(39-31)26-9-6-7-10-28(26)33/h3-4,6-7,9-10,12-17,21,30-31,33H,5,8,11,18-19H2,1-2H3,(H,34,35)/b4-3-/t21-,30+,31?/m1/s1. The minimum absolute atomic E-state index is 0.0781. The lowest BCUT2D eigenvalue weighted by atomic mass is 9.91. The molecule has 0 aliphatic carbocycles. The Kier molecular flexibility index (Phi) is 9.87. The van der Waals surface area contributed by atoms with E-state index in [-0.39, 0.29) is 24.7 Å². The number of aryl methyl sites for hydroxylation is 1. The fourth-order valence-corrected chi connectivity index (χ4v) is 4.64. The average Bonchev–Trinajstić information content (AvgIpc) is 2.93. The number of allylic oxidation sites excluding steroid dienone is 2. The fraction of sp³-hybridized carbons (Fsp3) is 0.323. The van der Waals surface area contributed by atoms with Gasteiger partial charge in [-0.05, 0) is 67.8 Å². The van der Waals surface area contributed by atoms with Crippen LogP contribution in [0.15, 0.2) is 72.8 Å². The number of aliphatic carboxylic acids is 1. The maximum Gasteiger partial charge on any atom is 0.303 e. The molecule has 0 saturated carbocycles. The van der Waals surface area contributed by atoms with Crippen molar-refractivity contribution >= 4 is 17.6 Å². The molecule has 0 amide bonds. The quantitative estimate of drug-likeness (QED) is 0.244. The Morgan fingerprint density at radius 2 is 1.87 bits per heavy atom. The number of hydrogen-bond acceptors (Lipinski definition) is 6. The van der Waals surface area contributed by atoms with Crippen molar-refractivity contribution in [1.82, 2.24) is 0 Å². The number of hydrogen-bond donors (Lipinski definition) is 2. The van der Waals surface area contributed by atoms with E-state index in [1.807, 2.05) is 61.5 Å². The van der Waals surface area contributed by atoms with Crippen LogP contribution < -0.4 is 9.47 Å². The minimum atomic E-state index is -0.829. The lowest BCUT2D eigenvalue weighted by Gasteiger charge is -2.37. The third kappa shape index (κ3) is 7.53. The smallest absolute Gasteiger partial charge is 0.303 e. The molecule has 39 heavy (non-hydrogen) atoms. The first-order valence-corrected chi connectivity index (χ1v) is 13.2. The third-order valence-corrected chi connectivity index (χ3v) is 7.09. The Hall–Kier alpha value is -3.52. The zero-order chi connectivity index (χ0) is 27.8. The average molecular weight is 553 g/mol. The van der Waals surface area contributed by atoms with Crippen molar-refractivity contribution < 1.29 is 34.0 Å². The van der Waals surface area contributed by atoms with Crippen LogP contribution in [0.1, 0.15) is 53.9 Å². The van der Waals surface area contributed by atoms with Gasteiger partial charge in [0.1, 0.15) is 23.9 Å². The molecule has 1 fully saturated rings. The van der Waals surface area contributed by atoms with Crippen LogP contribution in [0.25, 0.3) is 0 Å². The maximum absolute atomic E-state index is 10.8. The molecular weight excluding hydrogens is 520 g/mol. The normalized spacial score (nSPS) is 19.2. The lowest BCUT2D eigenvalue weighted by molar-refractivity contribution is -0.244. The number of halogens is 1. The number of carboxylic acids is 1. The van der Waals surface area contributed by atoms with E-state index in [1.54, 1.807) is 25.3 Å². The molecule has 3 aromatic rings. The highest BCUT2D eigenvalue weighted by molar-refractivity contribution is 6.31. The van der Waals surface area contributed by atoms with Crippen molar-refractivity contribution in [3.63, 3.8) is 0 Å². The molecule has 8 heteroatoms. The first-order chi connectivity index (χ1) is 18.9. The van der Waals surface area contributed by atoms with E-state index in [2.05, 4.69) is 0 Å². The predicted molar refractivity (Wildman–Crippen MR) is 148 cm³/mol. The van der Waals surface area contributed by atoms with Crippen LogP contribution in [-0.2, 0) is 20.9 Å². The summed E-state index contributed by atoms with van der Waals surface area (Å²) in [4.78, 5) is 10.8. The van der Waals surface area contributed by atoms with Gasteiger partial charge in [-0.25, -0.2) is 0 Å².